The van der Waals surface area contributed by atoms with Gasteiger partial charge in [0.05, 0.1) is 20.4 Å². The van der Waals surface area contributed by atoms with Crippen LogP contribution in [0.4, 0.5) is 5.82 Å². The highest BCUT2D eigenvalue weighted by atomic mass is 16.5. The number of piperidine rings is 1. The quantitative estimate of drug-likeness (QED) is 0.659. The highest BCUT2D eigenvalue weighted by Crippen LogP contribution is 2.36. The van der Waals surface area contributed by atoms with Gasteiger partial charge in [-0.1, -0.05) is 29.8 Å². The van der Waals surface area contributed by atoms with Crippen LogP contribution in [0, 0.1) is 12.8 Å². The fourth-order valence-electron chi connectivity index (χ4n) is 4.03. The largest absolute Gasteiger partial charge is 0.493 e. The van der Waals surface area contributed by atoms with Gasteiger partial charge in [0.1, 0.15) is 0 Å². The lowest BCUT2D eigenvalue weighted by Crippen LogP contribution is -2.35. The van der Waals surface area contributed by atoms with Crippen molar-refractivity contribution < 1.29 is 9.47 Å². The number of hydrogen-bond acceptors (Lipinski definition) is 5. The van der Waals surface area contributed by atoms with Gasteiger partial charge in [0.25, 0.3) is 0 Å². The SMILES string of the molecule is COc1cc2cnnc(N3CCC(Cc4ccc(C)cc4)CC3)c2cc1OC. The van der Waals surface area contributed by atoms with E-state index in [1.54, 1.807) is 20.4 Å². The van der Waals surface area contributed by atoms with Crippen molar-refractivity contribution in [2.45, 2.75) is 26.2 Å². The molecule has 1 aromatic heterocycles. The van der Waals surface area contributed by atoms with Crippen LogP contribution >= 0.6 is 0 Å². The molecule has 0 amide bonds. The second-order valence-electron chi connectivity index (χ2n) is 7.58. The van der Waals surface area contributed by atoms with Gasteiger partial charge in [-0.3, -0.25) is 0 Å². The molecule has 0 radical (unpaired) electrons. The molecule has 4 rings (SSSR count). The normalized spacial score (nSPS) is 15.0. The van der Waals surface area contributed by atoms with E-state index in [2.05, 4.69) is 46.3 Å². The van der Waals surface area contributed by atoms with Crippen LogP contribution in [0.15, 0.2) is 42.6 Å². The van der Waals surface area contributed by atoms with Crippen LogP contribution in [-0.2, 0) is 6.42 Å². The molecule has 5 heteroatoms. The van der Waals surface area contributed by atoms with Crippen molar-refractivity contribution in [3.05, 3.63) is 53.7 Å². The van der Waals surface area contributed by atoms with E-state index in [4.69, 9.17) is 9.47 Å². The lowest BCUT2D eigenvalue weighted by Gasteiger charge is -2.33. The predicted octanol–water partition coefficient (Wildman–Crippen LogP) is 4.41. The van der Waals surface area contributed by atoms with E-state index in [9.17, 15) is 0 Å². The zero-order valence-electron chi connectivity index (χ0n) is 16.8. The lowest BCUT2D eigenvalue weighted by molar-refractivity contribution is 0.356. The maximum absolute atomic E-state index is 5.49. The summed E-state index contributed by atoms with van der Waals surface area (Å²) in [6, 6.07) is 12.9. The summed E-state index contributed by atoms with van der Waals surface area (Å²) in [7, 11) is 3.31. The third-order valence-corrected chi connectivity index (χ3v) is 5.70. The summed E-state index contributed by atoms with van der Waals surface area (Å²) in [4.78, 5) is 2.35. The Morgan fingerprint density at radius 1 is 1.00 bits per heavy atom. The number of benzene rings is 2. The molecule has 0 N–H and O–H groups in total. The Kier molecular flexibility index (Phi) is 5.33. The van der Waals surface area contributed by atoms with Crippen LogP contribution in [0.1, 0.15) is 24.0 Å². The Labute approximate surface area is 166 Å². The van der Waals surface area contributed by atoms with Crippen LogP contribution in [0.3, 0.4) is 0 Å². The minimum absolute atomic E-state index is 0.714. The summed E-state index contributed by atoms with van der Waals surface area (Å²) < 4.78 is 10.9. The van der Waals surface area contributed by atoms with Crippen LogP contribution in [0.2, 0.25) is 0 Å². The summed E-state index contributed by atoms with van der Waals surface area (Å²) in [5.74, 6) is 3.09. The van der Waals surface area contributed by atoms with Gasteiger partial charge in [-0.25, -0.2) is 0 Å². The number of nitrogens with zero attached hydrogens (tertiary/aromatic N) is 3. The molecule has 5 nitrogen and oxygen atoms in total. The maximum Gasteiger partial charge on any atom is 0.161 e. The first-order valence-electron chi connectivity index (χ1n) is 9.86. The second kappa shape index (κ2) is 8.05. The number of methoxy groups -OCH3 is 2. The smallest absolute Gasteiger partial charge is 0.161 e. The Morgan fingerprint density at radius 3 is 2.36 bits per heavy atom. The number of aryl methyl sites for hydroxylation is 1. The van der Waals surface area contributed by atoms with Gasteiger partial charge < -0.3 is 14.4 Å². The predicted molar refractivity (Wildman–Crippen MR) is 112 cm³/mol. The van der Waals surface area contributed by atoms with Crippen LogP contribution in [-0.4, -0.2) is 37.5 Å². The molecule has 0 atom stereocenters. The summed E-state index contributed by atoms with van der Waals surface area (Å²) in [5, 5.41) is 10.8. The van der Waals surface area contributed by atoms with Gasteiger partial charge in [-0.15, -0.1) is 5.10 Å². The van der Waals surface area contributed by atoms with E-state index in [1.165, 1.54) is 24.0 Å². The molecule has 1 saturated heterocycles. The molecular formula is C23H27N3O2. The van der Waals surface area contributed by atoms with Crippen LogP contribution in [0.5, 0.6) is 11.5 Å². The number of ether oxygens (including phenoxy) is 2. The average molecular weight is 377 g/mol. The van der Waals surface area contributed by atoms with E-state index in [0.29, 0.717) is 5.75 Å². The zero-order valence-corrected chi connectivity index (χ0v) is 16.8. The molecule has 1 aliphatic rings. The summed E-state index contributed by atoms with van der Waals surface area (Å²) in [6.07, 6.45) is 5.27. The molecule has 0 unspecified atom stereocenters. The Bertz CT molecular complexity index is 948. The lowest BCUT2D eigenvalue weighted by atomic mass is 9.90. The molecule has 146 valence electrons. The number of fused-ring (bicyclic) bond motifs is 1. The van der Waals surface area contributed by atoms with Crippen LogP contribution in [0.25, 0.3) is 10.8 Å². The molecule has 1 aliphatic heterocycles. The van der Waals surface area contributed by atoms with Gasteiger partial charge in [-0.05, 0) is 49.8 Å². The third-order valence-electron chi connectivity index (χ3n) is 5.70. The number of rotatable bonds is 5. The van der Waals surface area contributed by atoms with Gasteiger partial charge in [0, 0.05) is 23.9 Å². The molecule has 0 spiro atoms. The van der Waals surface area contributed by atoms with Crippen molar-refractivity contribution in [2.24, 2.45) is 5.92 Å². The molecule has 0 saturated carbocycles. The van der Waals surface area contributed by atoms with E-state index in [1.807, 2.05) is 12.1 Å². The second-order valence-corrected chi connectivity index (χ2v) is 7.58. The molecule has 28 heavy (non-hydrogen) atoms. The van der Waals surface area contributed by atoms with Gasteiger partial charge in [0.2, 0.25) is 0 Å². The summed E-state index contributed by atoms with van der Waals surface area (Å²) in [5.41, 5.74) is 2.76. The van der Waals surface area contributed by atoms with Crippen molar-refractivity contribution in [2.75, 3.05) is 32.2 Å². The van der Waals surface area contributed by atoms with Crippen molar-refractivity contribution in [1.29, 1.82) is 0 Å². The summed E-state index contributed by atoms with van der Waals surface area (Å²) in [6.45, 7) is 4.13. The van der Waals surface area contributed by atoms with Crippen molar-refractivity contribution >= 4 is 16.6 Å². The van der Waals surface area contributed by atoms with E-state index >= 15 is 0 Å². The van der Waals surface area contributed by atoms with E-state index in [-0.39, 0.29) is 0 Å². The van der Waals surface area contributed by atoms with Gasteiger partial charge >= 0.3 is 0 Å². The van der Waals surface area contributed by atoms with Crippen molar-refractivity contribution in [3.63, 3.8) is 0 Å². The van der Waals surface area contributed by atoms with Gasteiger partial charge in [-0.2, -0.15) is 5.10 Å². The topological polar surface area (TPSA) is 47.5 Å². The number of anilines is 1. The Balaban J connectivity index is 1.51. The zero-order chi connectivity index (χ0) is 19.5. The monoisotopic (exact) mass is 377 g/mol. The average Bonchev–Trinajstić information content (AvgIpc) is 2.74. The maximum atomic E-state index is 5.49. The first-order valence-corrected chi connectivity index (χ1v) is 9.86. The van der Waals surface area contributed by atoms with Crippen molar-refractivity contribution in [3.8, 4) is 11.5 Å². The minimum atomic E-state index is 0.714. The van der Waals surface area contributed by atoms with Gasteiger partial charge in [0.15, 0.2) is 17.3 Å². The molecular weight excluding hydrogens is 350 g/mol. The summed E-state index contributed by atoms with van der Waals surface area (Å²) >= 11 is 0. The number of aromatic nitrogens is 2. The fraction of sp³-hybridized carbons (Fsp3) is 0.391. The molecule has 3 aromatic rings. The highest BCUT2D eigenvalue weighted by Gasteiger charge is 2.23. The Hall–Kier alpha value is -2.82. The standard InChI is InChI=1S/C23H27N3O2/c1-16-4-6-17(7-5-16)12-18-8-10-26(11-9-18)23-20-14-22(28-3)21(27-2)13-19(20)15-24-25-23/h4-7,13-15,18H,8-12H2,1-3H3. The molecule has 2 heterocycles. The van der Waals surface area contributed by atoms with E-state index in [0.717, 1.165) is 47.8 Å². The first kappa shape index (κ1) is 18.5. The molecule has 1 fully saturated rings. The van der Waals surface area contributed by atoms with Crippen molar-refractivity contribution in [1.82, 2.24) is 10.2 Å². The fourth-order valence-corrected chi connectivity index (χ4v) is 4.03. The molecule has 2 aromatic carbocycles. The first-order chi connectivity index (χ1) is 13.7. The number of hydrogen-bond donors (Lipinski definition) is 0. The van der Waals surface area contributed by atoms with E-state index < -0.39 is 0 Å². The van der Waals surface area contributed by atoms with Crippen LogP contribution < -0.4 is 14.4 Å². The highest BCUT2D eigenvalue weighted by molar-refractivity contribution is 5.94. The Morgan fingerprint density at radius 2 is 1.68 bits per heavy atom. The molecule has 0 bridgehead atoms. The minimum Gasteiger partial charge on any atom is -0.493 e. The molecule has 0 aliphatic carbocycles. The third kappa shape index (κ3) is 3.75.